The zero-order valence-corrected chi connectivity index (χ0v) is 9.97. The first-order chi connectivity index (χ1) is 7.54. The molecular weight excluding hydrogens is 230 g/mol. The first kappa shape index (κ1) is 15.4. The van der Waals surface area contributed by atoms with E-state index in [0.717, 1.165) is 0 Å². The Morgan fingerprint density at radius 1 is 1.24 bits per heavy atom. The van der Waals surface area contributed by atoms with Crippen molar-refractivity contribution >= 4 is 17.9 Å². The van der Waals surface area contributed by atoms with Gasteiger partial charge in [-0.15, -0.1) is 0 Å². The van der Waals surface area contributed by atoms with Crippen molar-refractivity contribution in [1.29, 1.82) is 0 Å². The van der Waals surface area contributed by atoms with Crippen molar-refractivity contribution < 1.29 is 29.3 Å². The van der Waals surface area contributed by atoms with Gasteiger partial charge in [-0.25, -0.2) is 0 Å². The number of carbonyl (C=O) groups excluding carboxylic acids is 1. The van der Waals surface area contributed by atoms with Gasteiger partial charge in [0, 0.05) is 0 Å². The lowest BCUT2D eigenvalue weighted by Crippen LogP contribution is -2.45. The van der Waals surface area contributed by atoms with Crippen LogP contribution in [0.2, 0.25) is 0 Å². The standard InChI is InChI=1S/C10H17NO6/c1-10(2,3)17-9(16)5(4-6(12)13)7(11)8(14)15/h5,7H,4,11H2,1-3H3,(H,12,13)(H,14,15). The lowest BCUT2D eigenvalue weighted by Gasteiger charge is -2.24. The van der Waals surface area contributed by atoms with Crippen LogP contribution in [0.25, 0.3) is 0 Å². The van der Waals surface area contributed by atoms with E-state index in [2.05, 4.69) is 0 Å². The van der Waals surface area contributed by atoms with E-state index in [0.29, 0.717) is 0 Å². The van der Waals surface area contributed by atoms with Gasteiger partial charge in [0.2, 0.25) is 0 Å². The largest absolute Gasteiger partial charge is 0.481 e. The quantitative estimate of drug-likeness (QED) is 0.575. The van der Waals surface area contributed by atoms with E-state index >= 15 is 0 Å². The molecule has 0 saturated heterocycles. The van der Waals surface area contributed by atoms with Crippen LogP contribution in [0.4, 0.5) is 0 Å². The number of rotatable bonds is 5. The van der Waals surface area contributed by atoms with Crippen LogP contribution in [-0.2, 0) is 19.1 Å². The summed E-state index contributed by atoms with van der Waals surface area (Å²) in [7, 11) is 0. The summed E-state index contributed by atoms with van der Waals surface area (Å²) >= 11 is 0. The summed E-state index contributed by atoms with van der Waals surface area (Å²) in [5, 5.41) is 17.3. The van der Waals surface area contributed by atoms with Crippen LogP contribution in [0.15, 0.2) is 0 Å². The lowest BCUT2D eigenvalue weighted by atomic mass is 9.96. The molecule has 0 bridgehead atoms. The van der Waals surface area contributed by atoms with Crippen molar-refractivity contribution in [3.63, 3.8) is 0 Å². The highest BCUT2D eigenvalue weighted by molar-refractivity contribution is 5.86. The Morgan fingerprint density at radius 3 is 2.00 bits per heavy atom. The molecule has 0 aliphatic rings. The number of nitrogens with two attached hydrogens (primary N) is 1. The number of hydrogen-bond acceptors (Lipinski definition) is 5. The molecule has 2 atom stereocenters. The van der Waals surface area contributed by atoms with Gasteiger partial charge < -0.3 is 20.7 Å². The second kappa shape index (κ2) is 5.62. The maximum atomic E-state index is 11.6. The van der Waals surface area contributed by atoms with Crippen LogP contribution in [0.3, 0.4) is 0 Å². The third-order valence-corrected chi connectivity index (χ3v) is 1.82. The smallest absolute Gasteiger partial charge is 0.321 e. The third-order valence-electron chi connectivity index (χ3n) is 1.82. The van der Waals surface area contributed by atoms with Gasteiger partial charge in [0.05, 0.1) is 12.3 Å². The average molecular weight is 247 g/mol. The molecule has 4 N–H and O–H groups in total. The zero-order valence-electron chi connectivity index (χ0n) is 9.97. The first-order valence-electron chi connectivity index (χ1n) is 4.97. The SMILES string of the molecule is CC(C)(C)OC(=O)C(CC(=O)O)C(N)C(=O)O. The van der Waals surface area contributed by atoms with Gasteiger partial charge in [-0.2, -0.15) is 0 Å². The average Bonchev–Trinajstić information content (AvgIpc) is 2.09. The molecule has 0 aliphatic carbocycles. The molecule has 0 aromatic heterocycles. The summed E-state index contributed by atoms with van der Waals surface area (Å²) in [6.07, 6.45) is -0.678. The number of carboxylic acids is 2. The minimum absolute atomic E-state index is 0.678. The van der Waals surface area contributed by atoms with Gasteiger partial charge in [-0.1, -0.05) is 0 Å². The van der Waals surface area contributed by atoms with E-state index in [4.69, 9.17) is 20.7 Å². The third kappa shape index (κ3) is 5.86. The van der Waals surface area contributed by atoms with E-state index in [1.54, 1.807) is 20.8 Å². The highest BCUT2D eigenvalue weighted by Crippen LogP contribution is 2.16. The monoisotopic (exact) mass is 247 g/mol. The minimum Gasteiger partial charge on any atom is -0.481 e. The zero-order chi connectivity index (χ0) is 13.8. The Balaban J connectivity index is 4.86. The van der Waals surface area contributed by atoms with Crippen molar-refractivity contribution in [3.05, 3.63) is 0 Å². The van der Waals surface area contributed by atoms with Gasteiger partial charge in [0.1, 0.15) is 11.6 Å². The Morgan fingerprint density at radius 2 is 1.71 bits per heavy atom. The van der Waals surface area contributed by atoms with Gasteiger partial charge in [0.15, 0.2) is 0 Å². The molecule has 98 valence electrons. The number of carbonyl (C=O) groups is 3. The van der Waals surface area contributed by atoms with Crippen molar-refractivity contribution in [2.45, 2.75) is 38.8 Å². The molecule has 17 heavy (non-hydrogen) atoms. The molecule has 7 nitrogen and oxygen atoms in total. The summed E-state index contributed by atoms with van der Waals surface area (Å²) in [5.74, 6) is -5.07. The second-order valence-electron chi connectivity index (χ2n) is 4.60. The van der Waals surface area contributed by atoms with E-state index < -0.39 is 41.9 Å². The highest BCUT2D eigenvalue weighted by Gasteiger charge is 2.35. The highest BCUT2D eigenvalue weighted by atomic mass is 16.6. The van der Waals surface area contributed by atoms with Crippen LogP contribution in [0.5, 0.6) is 0 Å². The summed E-state index contributed by atoms with van der Waals surface area (Å²) in [6.45, 7) is 4.78. The summed E-state index contributed by atoms with van der Waals surface area (Å²) in [4.78, 5) is 32.8. The number of aliphatic carboxylic acids is 2. The Labute approximate surface area is 98.6 Å². The topological polar surface area (TPSA) is 127 Å². The van der Waals surface area contributed by atoms with Gasteiger partial charge in [-0.05, 0) is 20.8 Å². The normalized spacial score (nSPS) is 14.8. The van der Waals surface area contributed by atoms with Gasteiger partial charge in [-0.3, -0.25) is 14.4 Å². The summed E-state index contributed by atoms with van der Waals surface area (Å²) < 4.78 is 4.93. The van der Waals surface area contributed by atoms with Crippen molar-refractivity contribution in [1.82, 2.24) is 0 Å². The number of esters is 1. The van der Waals surface area contributed by atoms with Crippen LogP contribution in [-0.4, -0.2) is 39.8 Å². The predicted octanol–water partition coefficient (Wildman–Crippen LogP) is -0.169. The minimum atomic E-state index is -1.60. The molecule has 0 heterocycles. The molecule has 0 fully saturated rings. The van der Waals surface area contributed by atoms with E-state index in [-0.39, 0.29) is 0 Å². The van der Waals surface area contributed by atoms with Gasteiger partial charge in [0.25, 0.3) is 0 Å². The van der Waals surface area contributed by atoms with E-state index in [9.17, 15) is 14.4 Å². The number of ether oxygens (including phenoxy) is 1. The lowest BCUT2D eigenvalue weighted by molar-refractivity contribution is -0.166. The Bertz CT molecular complexity index is 319. The molecule has 0 saturated carbocycles. The molecule has 2 unspecified atom stereocenters. The number of carboxylic acid groups (broad SMARTS) is 2. The molecule has 0 radical (unpaired) electrons. The van der Waals surface area contributed by atoms with Gasteiger partial charge >= 0.3 is 17.9 Å². The molecule has 0 aliphatic heterocycles. The molecular formula is C10H17NO6. The van der Waals surface area contributed by atoms with Crippen LogP contribution in [0.1, 0.15) is 27.2 Å². The molecule has 0 aromatic rings. The van der Waals surface area contributed by atoms with Crippen molar-refractivity contribution in [2.75, 3.05) is 0 Å². The first-order valence-corrected chi connectivity index (χ1v) is 4.97. The molecule has 0 rings (SSSR count). The van der Waals surface area contributed by atoms with Crippen LogP contribution >= 0.6 is 0 Å². The fraction of sp³-hybridized carbons (Fsp3) is 0.700. The fourth-order valence-corrected chi connectivity index (χ4v) is 1.09. The predicted molar refractivity (Wildman–Crippen MR) is 57.2 cm³/mol. The molecule has 0 amide bonds. The number of hydrogen-bond donors (Lipinski definition) is 3. The van der Waals surface area contributed by atoms with Crippen molar-refractivity contribution in [2.24, 2.45) is 11.7 Å². The van der Waals surface area contributed by atoms with E-state index in [1.807, 2.05) is 0 Å². The summed E-state index contributed by atoms with van der Waals surface area (Å²) in [6, 6.07) is -1.60. The maximum absolute atomic E-state index is 11.6. The Kier molecular flexibility index (Phi) is 5.09. The van der Waals surface area contributed by atoms with Crippen LogP contribution in [0, 0.1) is 5.92 Å². The molecule has 0 spiro atoms. The fourth-order valence-electron chi connectivity index (χ4n) is 1.09. The van der Waals surface area contributed by atoms with Crippen molar-refractivity contribution in [3.8, 4) is 0 Å². The van der Waals surface area contributed by atoms with E-state index in [1.165, 1.54) is 0 Å². The maximum Gasteiger partial charge on any atom is 0.321 e. The summed E-state index contributed by atoms with van der Waals surface area (Å²) in [5.41, 5.74) is 4.44. The molecule has 0 aromatic carbocycles. The van der Waals surface area contributed by atoms with Crippen LogP contribution < -0.4 is 5.73 Å². The second-order valence-corrected chi connectivity index (χ2v) is 4.60. The Hall–Kier alpha value is -1.63. The molecule has 7 heteroatoms.